The Morgan fingerprint density at radius 3 is 2.38 bits per heavy atom. The van der Waals surface area contributed by atoms with Gasteiger partial charge in [0.05, 0.1) is 13.2 Å². The fraction of sp³-hybridized carbons (Fsp3) is 0.364. The molecule has 0 saturated heterocycles. The monoisotopic (exact) mass is 562 g/mol. The first kappa shape index (κ1) is 29.4. The van der Waals surface area contributed by atoms with Crippen LogP contribution < -0.4 is 14.2 Å². The average molecular weight is 563 g/mol. The Morgan fingerprint density at radius 2 is 1.68 bits per heavy atom. The molecule has 1 aliphatic rings. The van der Waals surface area contributed by atoms with Crippen LogP contribution in [0.15, 0.2) is 66.1 Å². The number of hydrogen-bond acceptors (Lipinski definition) is 6. The van der Waals surface area contributed by atoms with Crippen LogP contribution in [0.3, 0.4) is 0 Å². The molecule has 0 saturated carbocycles. The minimum atomic E-state index is -1.01. The Bertz CT molecular complexity index is 1330. The lowest BCUT2D eigenvalue weighted by Crippen LogP contribution is -2.10. The van der Waals surface area contributed by atoms with E-state index in [4.69, 9.17) is 14.2 Å². The van der Waals surface area contributed by atoms with Crippen molar-refractivity contribution < 1.29 is 29.2 Å². The van der Waals surface area contributed by atoms with Gasteiger partial charge in [0.2, 0.25) is 0 Å². The smallest absolute Gasteiger partial charge is 0.339 e. The van der Waals surface area contributed by atoms with Crippen LogP contribution in [0.2, 0.25) is 0 Å². The number of phenolic OH excluding ortho intramolecular Hbond substituents is 1. The van der Waals surface area contributed by atoms with E-state index in [0.717, 1.165) is 53.0 Å². The molecular formula is C33H38O6S. The number of ether oxygens (including phenoxy) is 3. The van der Waals surface area contributed by atoms with E-state index >= 15 is 0 Å². The van der Waals surface area contributed by atoms with Crippen LogP contribution >= 0.6 is 11.8 Å². The number of hydrogen-bond donors (Lipinski definition) is 2. The van der Waals surface area contributed by atoms with Gasteiger partial charge in [-0.2, -0.15) is 0 Å². The Morgan fingerprint density at radius 1 is 0.925 bits per heavy atom. The second-order valence-corrected chi connectivity index (χ2v) is 11.1. The molecular weight excluding hydrogens is 524 g/mol. The van der Waals surface area contributed by atoms with Crippen molar-refractivity contribution in [1.29, 1.82) is 0 Å². The molecule has 1 heterocycles. The molecule has 40 heavy (non-hydrogen) atoms. The summed E-state index contributed by atoms with van der Waals surface area (Å²) in [6.45, 7) is 7.60. The Hall–Kier alpha value is -3.58. The van der Waals surface area contributed by atoms with Crippen molar-refractivity contribution in [3.05, 3.63) is 93.9 Å². The SMILES string of the molecule is CCCc1c(COc2ccccc2C(=O)O)cccc1OCCCOc1cc(O)c(C2C=CSC2C)cc1CC. The van der Waals surface area contributed by atoms with Crippen LogP contribution in [-0.4, -0.2) is 34.6 Å². The molecule has 0 bridgehead atoms. The fourth-order valence-corrected chi connectivity index (χ4v) is 5.84. The first-order valence-corrected chi connectivity index (χ1v) is 14.9. The minimum absolute atomic E-state index is 0.144. The van der Waals surface area contributed by atoms with Crippen molar-refractivity contribution in [3.8, 4) is 23.0 Å². The molecule has 212 valence electrons. The van der Waals surface area contributed by atoms with E-state index in [2.05, 4.69) is 38.3 Å². The van der Waals surface area contributed by atoms with Gasteiger partial charge >= 0.3 is 5.97 Å². The van der Waals surface area contributed by atoms with Crippen molar-refractivity contribution in [2.45, 2.75) is 64.2 Å². The topological polar surface area (TPSA) is 85.2 Å². The van der Waals surface area contributed by atoms with Crippen LogP contribution in [0.5, 0.6) is 23.0 Å². The van der Waals surface area contributed by atoms with E-state index < -0.39 is 5.97 Å². The quantitative estimate of drug-likeness (QED) is 0.194. The van der Waals surface area contributed by atoms with E-state index in [0.29, 0.717) is 30.6 Å². The maximum absolute atomic E-state index is 11.5. The van der Waals surface area contributed by atoms with Gasteiger partial charge in [-0.05, 0) is 53.6 Å². The predicted octanol–water partition coefficient (Wildman–Crippen LogP) is 7.76. The third-order valence-electron chi connectivity index (χ3n) is 7.07. The molecule has 1 aliphatic heterocycles. The number of carboxylic acids is 1. The summed E-state index contributed by atoms with van der Waals surface area (Å²) >= 11 is 1.79. The summed E-state index contributed by atoms with van der Waals surface area (Å²) in [5.74, 6) is 1.35. The number of aromatic hydroxyl groups is 1. The Labute approximate surface area is 241 Å². The number of allylic oxidation sites excluding steroid dienone is 1. The van der Waals surface area contributed by atoms with Gasteiger partial charge in [-0.1, -0.05) is 57.5 Å². The van der Waals surface area contributed by atoms with E-state index in [1.165, 1.54) is 6.07 Å². The minimum Gasteiger partial charge on any atom is -0.508 e. The van der Waals surface area contributed by atoms with Crippen molar-refractivity contribution in [3.63, 3.8) is 0 Å². The van der Waals surface area contributed by atoms with Gasteiger partial charge in [-0.15, -0.1) is 11.8 Å². The molecule has 6 nitrogen and oxygen atoms in total. The Kier molecular flexibility index (Phi) is 10.4. The van der Waals surface area contributed by atoms with Crippen LogP contribution in [0.25, 0.3) is 0 Å². The van der Waals surface area contributed by atoms with Crippen molar-refractivity contribution in [2.24, 2.45) is 0 Å². The highest BCUT2D eigenvalue weighted by molar-refractivity contribution is 8.03. The van der Waals surface area contributed by atoms with Gasteiger partial charge in [0.15, 0.2) is 0 Å². The molecule has 0 fully saturated rings. The van der Waals surface area contributed by atoms with Crippen molar-refractivity contribution in [2.75, 3.05) is 13.2 Å². The second kappa shape index (κ2) is 14.2. The van der Waals surface area contributed by atoms with Crippen LogP contribution in [-0.2, 0) is 19.4 Å². The first-order chi connectivity index (χ1) is 19.4. The number of carbonyl (C=O) groups is 1. The highest BCUT2D eigenvalue weighted by Gasteiger charge is 2.25. The zero-order valence-electron chi connectivity index (χ0n) is 23.4. The van der Waals surface area contributed by atoms with Gasteiger partial charge in [0.1, 0.15) is 35.2 Å². The normalized spacial score (nSPS) is 16.2. The molecule has 3 aromatic carbocycles. The predicted molar refractivity (Wildman–Crippen MR) is 160 cm³/mol. The molecule has 0 spiro atoms. The van der Waals surface area contributed by atoms with E-state index in [-0.39, 0.29) is 23.8 Å². The second-order valence-electron chi connectivity index (χ2n) is 9.85. The maximum atomic E-state index is 11.5. The fourth-order valence-electron chi connectivity index (χ4n) is 4.93. The summed E-state index contributed by atoms with van der Waals surface area (Å²) in [4.78, 5) is 11.5. The molecule has 2 unspecified atom stereocenters. The zero-order valence-corrected chi connectivity index (χ0v) is 24.2. The molecule has 2 atom stereocenters. The average Bonchev–Trinajstić information content (AvgIpc) is 3.38. The highest BCUT2D eigenvalue weighted by Crippen LogP contribution is 2.42. The summed E-state index contributed by atoms with van der Waals surface area (Å²) in [7, 11) is 0. The number of phenols is 1. The molecule has 2 N–H and O–H groups in total. The van der Waals surface area contributed by atoms with E-state index in [1.807, 2.05) is 18.2 Å². The number of aromatic carboxylic acids is 1. The van der Waals surface area contributed by atoms with Gasteiger partial charge in [-0.25, -0.2) is 4.79 Å². The highest BCUT2D eigenvalue weighted by atomic mass is 32.2. The number of rotatable bonds is 14. The molecule has 0 radical (unpaired) electrons. The first-order valence-electron chi connectivity index (χ1n) is 13.9. The number of benzene rings is 3. The number of aryl methyl sites for hydroxylation is 1. The largest absolute Gasteiger partial charge is 0.508 e. The summed E-state index contributed by atoms with van der Waals surface area (Å²) in [6, 6.07) is 16.4. The molecule has 3 aromatic rings. The number of para-hydroxylation sites is 1. The summed E-state index contributed by atoms with van der Waals surface area (Å²) in [5, 5.41) is 22.7. The van der Waals surface area contributed by atoms with Gasteiger partial charge in [-0.3, -0.25) is 0 Å². The molecule has 0 amide bonds. The maximum Gasteiger partial charge on any atom is 0.339 e. The summed E-state index contributed by atoms with van der Waals surface area (Å²) in [6.07, 6.45) is 5.43. The van der Waals surface area contributed by atoms with Gasteiger partial charge in [0, 0.05) is 34.8 Å². The molecule has 0 aliphatic carbocycles. The van der Waals surface area contributed by atoms with E-state index in [1.54, 1.807) is 36.0 Å². The third-order valence-corrected chi connectivity index (χ3v) is 8.11. The lowest BCUT2D eigenvalue weighted by atomic mass is 9.93. The van der Waals surface area contributed by atoms with Crippen molar-refractivity contribution in [1.82, 2.24) is 0 Å². The Balaban J connectivity index is 1.35. The molecule has 7 heteroatoms. The van der Waals surface area contributed by atoms with Crippen LogP contribution in [0, 0.1) is 0 Å². The standard InChI is InChI=1S/C33H38O6S/c1-4-10-26-24(21-39-31-13-7-6-12-27(31)33(35)36)11-8-14-30(26)37-16-9-17-38-32-20-29(34)28(19-23(32)5-2)25-15-18-40-22(25)3/h6-8,11-15,18-20,22,25,34H,4-5,9-10,16-17,21H2,1-3H3,(H,35,36). The lowest BCUT2D eigenvalue weighted by molar-refractivity contribution is 0.0691. The third kappa shape index (κ3) is 7.13. The summed E-state index contributed by atoms with van der Waals surface area (Å²) < 4.78 is 18.2. The number of thioether (sulfide) groups is 1. The van der Waals surface area contributed by atoms with Crippen LogP contribution in [0.1, 0.15) is 72.1 Å². The molecule has 0 aromatic heterocycles. The molecule has 4 rings (SSSR count). The van der Waals surface area contributed by atoms with Gasteiger partial charge in [0.25, 0.3) is 0 Å². The van der Waals surface area contributed by atoms with Gasteiger partial charge < -0.3 is 24.4 Å². The number of carboxylic acid groups (broad SMARTS) is 1. The van der Waals surface area contributed by atoms with E-state index in [9.17, 15) is 15.0 Å². The van der Waals surface area contributed by atoms with Crippen molar-refractivity contribution >= 4 is 17.7 Å². The summed E-state index contributed by atoms with van der Waals surface area (Å²) in [5.41, 5.74) is 4.24. The zero-order chi connectivity index (χ0) is 28.5. The van der Waals surface area contributed by atoms with Crippen LogP contribution in [0.4, 0.5) is 0 Å². The lowest BCUT2D eigenvalue weighted by Gasteiger charge is -2.19.